The number of benzene rings is 2. The summed E-state index contributed by atoms with van der Waals surface area (Å²) in [7, 11) is 0. The van der Waals surface area contributed by atoms with Crippen molar-refractivity contribution in [3.8, 4) is 28.6 Å². The monoisotopic (exact) mass is 382 g/mol. The van der Waals surface area contributed by atoms with Crippen molar-refractivity contribution in [3.63, 3.8) is 0 Å². The molecule has 2 aromatic carbocycles. The highest BCUT2D eigenvalue weighted by Crippen LogP contribution is 2.39. The molecule has 1 aliphatic rings. The van der Waals surface area contributed by atoms with E-state index in [1.807, 2.05) is 17.6 Å². The normalized spacial score (nSPS) is 18.3. The SMILES string of the molecule is CCc1cc(-c2n[nH]c(=S)n2-c2ccc3c(c2)C(C)C(C)N3)c(O)cc1O. The van der Waals surface area contributed by atoms with Gasteiger partial charge in [-0.3, -0.25) is 9.67 Å². The van der Waals surface area contributed by atoms with E-state index >= 15 is 0 Å². The van der Waals surface area contributed by atoms with Gasteiger partial charge in [0.25, 0.3) is 0 Å². The highest BCUT2D eigenvalue weighted by molar-refractivity contribution is 7.71. The van der Waals surface area contributed by atoms with Gasteiger partial charge in [0.2, 0.25) is 0 Å². The molecule has 0 saturated heterocycles. The highest BCUT2D eigenvalue weighted by Gasteiger charge is 2.26. The first kappa shape index (κ1) is 17.6. The number of nitrogens with one attached hydrogen (secondary N) is 2. The molecule has 0 amide bonds. The molecule has 6 nitrogen and oxygen atoms in total. The second-order valence-electron chi connectivity index (χ2n) is 7.03. The summed E-state index contributed by atoms with van der Waals surface area (Å²) >= 11 is 5.46. The van der Waals surface area contributed by atoms with E-state index in [0.717, 1.165) is 16.9 Å². The number of anilines is 1. The number of aryl methyl sites for hydroxylation is 1. The smallest absolute Gasteiger partial charge is 0.200 e. The molecule has 0 aliphatic carbocycles. The Morgan fingerprint density at radius 2 is 1.93 bits per heavy atom. The third-order valence-electron chi connectivity index (χ3n) is 5.41. The van der Waals surface area contributed by atoms with Crippen molar-refractivity contribution >= 4 is 17.9 Å². The molecular formula is C20H22N4O2S. The van der Waals surface area contributed by atoms with Gasteiger partial charge >= 0.3 is 0 Å². The second kappa shape index (κ2) is 6.42. The lowest BCUT2D eigenvalue weighted by Gasteiger charge is -2.13. The van der Waals surface area contributed by atoms with Crippen LogP contribution in [-0.2, 0) is 6.42 Å². The quantitative estimate of drug-likeness (QED) is 0.502. The fourth-order valence-corrected chi connectivity index (χ4v) is 3.88. The molecule has 2 heterocycles. The van der Waals surface area contributed by atoms with Crippen LogP contribution in [-0.4, -0.2) is 31.0 Å². The van der Waals surface area contributed by atoms with Crippen molar-refractivity contribution in [2.24, 2.45) is 0 Å². The molecule has 2 unspecified atom stereocenters. The first-order chi connectivity index (χ1) is 12.9. The van der Waals surface area contributed by atoms with E-state index in [9.17, 15) is 10.2 Å². The third kappa shape index (κ3) is 2.78. The van der Waals surface area contributed by atoms with E-state index in [1.54, 1.807) is 6.07 Å². The number of fused-ring (bicyclic) bond motifs is 1. The average molecular weight is 382 g/mol. The summed E-state index contributed by atoms with van der Waals surface area (Å²) < 4.78 is 2.26. The summed E-state index contributed by atoms with van der Waals surface area (Å²) in [5, 5.41) is 31.1. The van der Waals surface area contributed by atoms with Crippen molar-refractivity contribution in [1.82, 2.24) is 14.8 Å². The molecular weight excluding hydrogens is 360 g/mol. The Kier molecular flexibility index (Phi) is 4.19. The van der Waals surface area contributed by atoms with Crippen LogP contribution in [0.5, 0.6) is 11.5 Å². The second-order valence-corrected chi connectivity index (χ2v) is 7.42. The molecule has 4 N–H and O–H groups in total. The number of nitrogens with zero attached hydrogens (tertiary/aromatic N) is 2. The Bertz CT molecular complexity index is 1090. The molecule has 0 fully saturated rings. The zero-order valence-electron chi connectivity index (χ0n) is 15.4. The number of aromatic nitrogens is 3. The Hall–Kier alpha value is -2.80. The van der Waals surface area contributed by atoms with Gasteiger partial charge in [-0.05, 0) is 61.0 Å². The van der Waals surface area contributed by atoms with Gasteiger partial charge in [-0.2, -0.15) is 5.10 Å². The van der Waals surface area contributed by atoms with Crippen LogP contribution in [0.25, 0.3) is 17.1 Å². The molecule has 2 atom stereocenters. The largest absolute Gasteiger partial charge is 0.508 e. The fourth-order valence-electron chi connectivity index (χ4n) is 3.64. The van der Waals surface area contributed by atoms with Crippen molar-refractivity contribution in [3.05, 3.63) is 46.2 Å². The first-order valence-electron chi connectivity index (χ1n) is 9.04. The van der Waals surface area contributed by atoms with Crippen LogP contribution >= 0.6 is 12.2 Å². The summed E-state index contributed by atoms with van der Waals surface area (Å²) in [5.74, 6) is 0.938. The number of hydrogen-bond donors (Lipinski definition) is 4. The van der Waals surface area contributed by atoms with E-state index in [4.69, 9.17) is 12.2 Å². The number of aromatic hydroxyl groups is 2. The Balaban J connectivity index is 1.89. The topological polar surface area (TPSA) is 86.1 Å². The molecule has 0 bridgehead atoms. The van der Waals surface area contributed by atoms with Crippen molar-refractivity contribution in [1.29, 1.82) is 0 Å². The summed E-state index contributed by atoms with van der Waals surface area (Å²) in [4.78, 5) is 0. The summed E-state index contributed by atoms with van der Waals surface area (Å²) in [6.45, 7) is 6.31. The zero-order chi connectivity index (χ0) is 19.3. The number of aromatic amines is 1. The van der Waals surface area contributed by atoms with Gasteiger partial charge in [0.1, 0.15) is 11.5 Å². The van der Waals surface area contributed by atoms with Crippen LogP contribution < -0.4 is 5.32 Å². The van der Waals surface area contributed by atoms with Crippen LogP contribution in [0.3, 0.4) is 0 Å². The third-order valence-corrected chi connectivity index (χ3v) is 5.68. The zero-order valence-corrected chi connectivity index (χ0v) is 16.3. The minimum Gasteiger partial charge on any atom is -0.508 e. The predicted octanol–water partition coefficient (Wildman–Crippen LogP) is 4.49. The molecule has 1 aromatic heterocycles. The van der Waals surface area contributed by atoms with Crippen molar-refractivity contribution < 1.29 is 10.2 Å². The minimum atomic E-state index is -0.0373. The highest BCUT2D eigenvalue weighted by atomic mass is 32.1. The van der Waals surface area contributed by atoms with E-state index in [0.29, 0.717) is 34.5 Å². The number of phenolic OH excluding ortho intramolecular Hbond substituents is 2. The van der Waals surface area contributed by atoms with Gasteiger partial charge < -0.3 is 15.5 Å². The minimum absolute atomic E-state index is 0.0373. The standard InChI is InChI=1S/C20H22N4O2S/c1-4-12-7-15(18(26)9-17(12)25)19-22-23-20(27)24(19)13-5-6-16-14(8-13)10(2)11(3)21-16/h5-11,21,25-26H,4H2,1-3H3,(H,23,27). The maximum absolute atomic E-state index is 10.4. The number of hydrogen-bond acceptors (Lipinski definition) is 5. The van der Waals surface area contributed by atoms with Crippen molar-refractivity contribution in [2.75, 3.05) is 5.32 Å². The summed E-state index contributed by atoms with van der Waals surface area (Å²) in [6.07, 6.45) is 0.643. The van der Waals surface area contributed by atoms with E-state index in [1.165, 1.54) is 11.6 Å². The van der Waals surface area contributed by atoms with Gasteiger partial charge in [-0.25, -0.2) is 0 Å². The Morgan fingerprint density at radius 3 is 2.67 bits per heavy atom. The van der Waals surface area contributed by atoms with Crippen LogP contribution in [0.2, 0.25) is 0 Å². The van der Waals surface area contributed by atoms with Crippen LogP contribution in [0.4, 0.5) is 5.69 Å². The maximum atomic E-state index is 10.4. The molecule has 140 valence electrons. The lowest BCUT2D eigenvalue weighted by atomic mass is 9.98. The molecule has 7 heteroatoms. The lowest BCUT2D eigenvalue weighted by Crippen LogP contribution is -2.12. The lowest BCUT2D eigenvalue weighted by molar-refractivity contribution is 0.447. The molecule has 1 aliphatic heterocycles. The average Bonchev–Trinajstić information content (AvgIpc) is 3.15. The summed E-state index contributed by atoms with van der Waals surface area (Å²) in [6, 6.07) is 9.64. The molecule has 0 saturated carbocycles. The molecule has 0 radical (unpaired) electrons. The van der Waals surface area contributed by atoms with Crippen LogP contribution in [0, 0.1) is 4.77 Å². The fraction of sp³-hybridized carbons (Fsp3) is 0.300. The van der Waals surface area contributed by atoms with Gasteiger partial charge in [0.05, 0.1) is 11.3 Å². The predicted molar refractivity (Wildman–Crippen MR) is 108 cm³/mol. The molecule has 3 aromatic rings. The van der Waals surface area contributed by atoms with Crippen LogP contribution in [0.1, 0.15) is 37.8 Å². The molecule has 27 heavy (non-hydrogen) atoms. The summed E-state index contributed by atoms with van der Waals surface area (Å²) in [5.41, 5.74) is 4.52. The number of phenols is 2. The first-order valence-corrected chi connectivity index (χ1v) is 9.45. The number of rotatable bonds is 3. The van der Waals surface area contributed by atoms with E-state index in [2.05, 4.69) is 41.5 Å². The Morgan fingerprint density at radius 1 is 1.15 bits per heavy atom. The van der Waals surface area contributed by atoms with Gasteiger partial charge in [0.15, 0.2) is 10.6 Å². The molecule has 4 rings (SSSR count). The van der Waals surface area contributed by atoms with Gasteiger partial charge in [-0.15, -0.1) is 0 Å². The van der Waals surface area contributed by atoms with Gasteiger partial charge in [0, 0.05) is 23.7 Å². The number of H-pyrrole nitrogens is 1. The Labute approximate surface area is 162 Å². The maximum Gasteiger partial charge on any atom is 0.200 e. The van der Waals surface area contributed by atoms with Crippen LogP contribution in [0.15, 0.2) is 30.3 Å². The molecule has 0 spiro atoms. The van der Waals surface area contributed by atoms with E-state index in [-0.39, 0.29) is 11.5 Å². The van der Waals surface area contributed by atoms with Gasteiger partial charge in [-0.1, -0.05) is 13.8 Å². The van der Waals surface area contributed by atoms with Crippen molar-refractivity contribution in [2.45, 2.75) is 39.2 Å². The van der Waals surface area contributed by atoms with E-state index < -0.39 is 0 Å².